The largest absolute Gasteiger partial charge is 0.480 e. The Morgan fingerprint density at radius 3 is 2.69 bits per heavy atom. The van der Waals surface area contributed by atoms with E-state index in [-0.39, 0.29) is 12.0 Å². The molecule has 1 amide bonds. The lowest BCUT2D eigenvalue weighted by Gasteiger charge is -2.30. The minimum absolute atomic E-state index is 0.0127. The summed E-state index contributed by atoms with van der Waals surface area (Å²) in [6.07, 6.45) is 12.4. The van der Waals surface area contributed by atoms with Crippen LogP contribution < -0.4 is 9.47 Å². The number of ether oxygens (including phenoxy) is 2. The molecule has 3 rings (SSSR count). The summed E-state index contributed by atoms with van der Waals surface area (Å²) in [4.78, 5) is 23.1. The fourth-order valence-electron chi connectivity index (χ4n) is 4.13. The number of hydrogen-bond acceptors (Lipinski definition) is 5. The lowest BCUT2D eigenvalue weighted by Crippen LogP contribution is -2.37. The SMILES string of the molecule is CCCCC1CCC(C(=O)N2CCC(Oc3cncc(OC)n3)C2)CC1. The van der Waals surface area contributed by atoms with E-state index in [9.17, 15) is 4.79 Å². The highest BCUT2D eigenvalue weighted by Crippen LogP contribution is 2.33. The fraction of sp³-hybridized carbons (Fsp3) is 0.750. The Labute approximate surface area is 156 Å². The first-order valence-corrected chi connectivity index (χ1v) is 10.0. The molecule has 0 spiro atoms. The molecule has 0 aromatic carbocycles. The van der Waals surface area contributed by atoms with Crippen molar-refractivity contribution < 1.29 is 14.3 Å². The van der Waals surface area contributed by atoms with Crippen LogP contribution in [0.4, 0.5) is 0 Å². The van der Waals surface area contributed by atoms with Gasteiger partial charge in [0, 0.05) is 18.9 Å². The van der Waals surface area contributed by atoms with Gasteiger partial charge >= 0.3 is 0 Å². The molecule has 6 heteroatoms. The summed E-state index contributed by atoms with van der Waals surface area (Å²) >= 11 is 0. The van der Waals surface area contributed by atoms with Crippen molar-refractivity contribution in [1.29, 1.82) is 0 Å². The second-order valence-corrected chi connectivity index (χ2v) is 7.57. The molecule has 1 saturated heterocycles. The summed E-state index contributed by atoms with van der Waals surface area (Å²) in [7, 11) is 1.56. The maximum Gasteiger partial charge on any atom is 0.235 e. The third-order valence-corrected chi connectivity index (χ3v) is 5.71. The minimum atomic E-state index is -0.0127. The lowest BCUT2D eigenvalue weighted by molar-refractivity contribution is -0.136. The Hall–Kier alpha value is -1.85. The number of methoxy groups -OCH3 is 1. The number of nitrogens with zero attached hydrogens (tertiary/aromatic N) is 3. The minimum Gasteiger partial charge on any atom is -0.480 e. The van der Waals surface area contributed by atoms with Gasteiger partial charge in [-0.1, -0.05) is 26.2 Å². The monoisotopic (exact) mass is 361 g/mol. The summed E-state index contributed by atoms with van der Waals surface area (Å²) < 4.78 is 11.0. The zero-order valence-corrected chi connectivity index (χ0v) is 16.0. The molecule has 0 N–H and O–H groups in total. The number of likely N-dealkylation sites (tertiary alicyclic amines) is 1. The van der Waals surface area contributed by atoms with Crippen molar-refractivity contribution in [2.45, 2.75) is 64.4 Å². The van der Waals surface area contributed by atoms with Crippen LogP contribution >= 0.6 is 0 Å². The second kappa shape index (κ2) is 9.19. The van der Waals surface area contributed by atoms with Gasteiger partial charge in [-0.15, -0.1) is 0 Å². The molecule has 2 fully saturated rings. The van der Waals surface area contributed by atoms with Crippen molar-refractivity contribution in [3.63, 3.8) is 0 Å². The van der Waals surface area contributed by atoms with E-state index in [4.69, 9.17) is 9.47 Å². The van der Waals surface area contributed by atoms with E-state index in [2.05, 4.69) is 16.9 Å². The normalized spacial score (nSPS) is 25.9. The van der Waals surface area contributed by atoms with E-state index in [0.29, 0.717) is 24.2 Å². The zero-order valence-electron chi connectivity index (χ0n) is 16.0. The summed E-state index contributed by atoms with van der Waals surface area (Å²) in [5.74, 6) is 2.26. The smallest absolute Gasteiger partial charge is 0.235 e. The van der Waals surface area contributed by atoms with Crippen LogP contribution in [0.5, 0.6) is 11.8 Å². The van der Waals surface area contributed by atoms with Crippen LogP contribution in [0.2, 0.25) is 0 Å². The van der Waals surface area contributed by atoms with E-state index in [1.165, 1.54) is 32.1 Å². The molecular weight excluding hydrogens is 330 g/mol. The number of rotatable bonds is 7. The van der Waals surface area contributed by atoms with Gasteiger partial charge in [0.1, 0.15) is 6.10 Å². The molecule has 1 aromatic rings. The van der Waals surface area contributed by atoms with Gasteiger partial charge in [-0.25, -0.2) is 0 Å². The molecule has 1 aliphatic heterocycles. The average Bonchev–Trinajstić information content (AvgIpc) is 3.14. The van der Waals surface area contributed by atoms with Crippen LogP contribution in [0.25, 0.3) is 0 Å². The van der Waals surface area contributed by atoms with E-state index >= 15 is 0 Å². The Kier molecular flexibility index (Phi) is 6.69. The number of aromatic nitrogens is 2. The molecule has 144 valence electrons. The Bertz CT molecular complexity index is 587. The van der Waals surface area contributed by atoms with E-state index in [1.807, 2.05) is 4.90 Å². The Balaban J connectivity index is 1.45. The highest BCUT2D eigenvalue weighted by Gasteiger charge is 2.34. The summed E-state index contributed by atoms with van der Waals surface area (Å²) in [5, 5.41) is 0. The summed E-state index contributed by atoms with van der Waals surface area (Å²) in [6.45, 7) is 3.67. The van der Waals surface area contributed by atoms with E-state index in [1.54, 1.807) is 19.5 Å². The number of unbranched alkanes of at least 4 members (excludes halogenated alkanes) is 1. The van der Waals surface area contributed by atoms with Gasteiger partial charge < -0.3 is 14.4 Å². The first kappa shape index (κ1) is 18.9. The van der Waals surface area contributed by atoms with Crippen LogP contribution in [0, 0.1) is 11.8 Å². The van der Waals surface area contributed by atoms with Crippen LogP contribution in [-0.4, -0.2) is 47.1 Å². The predicted octanol–water partition coefficient (Wildman–Crippen LogP) is 3.46. The molecule has 1 aromatic heterocycles. The van der Waals surface area contributed by atoms with Gasteiger partial charge in [0.05, 0.1) is 26.0 Å². The van der Waals surface area contributed by atoms with Crippen molar-refractivity contribution in [1.82, 2.24) is 14.9 Å². The van der Waals surface area contributed by atoms with Crippen LogP contribution in [0.3, 0.4) is 0 Å². The number of hydrogen-bond donors (Lipinski definition) is 0. The lowest BCUT2D eigenvalue weighted by atomic mass is 9.79. The van der Waals surface area contributed by atoms with Crippen LogP contribution in [0.1, 0.15) is 58.3 Å². The van der Waals surface area contributed by atoms with Crippen molar-refractivity contribution in [3.8, 4) is 11.8 Å². The van der Waals surface area contributed by atoms with Gasteiger partial charge in [-0.3, -0.25) is 9.78 Å². The highest BCUT2D eigenvalue weighted by molar-refractivity contribution is 5.79. The summed E-state index contributed by atoms with van der Waals surface area (Å²) in [6, 6.07) is 0. The van der Waals surface area contributed by atoms with Gasteiger partial charge in [-0.2, -0.15) is 4.98 Å². The van der Waals surface area contributed by atoms with Gasteiger partial charge in [-0.05, 0) is 31.6 Å². The maximum atomic E-state index is 12.8. The van der Waals surface area contributed by atoms with E-state index < -0.39 is 0 Å². The van der Waals surface area contributed by atoms with Crippen LogP contribution in [-0.2, 0) is 4.79 Å². The third-order valence-electron chi connectivity index (χ3n) is 5.71. The van der Waals surface area contributed by atoms with Gasteiger partial charge in [0.15, 0.2) is 0 Å². The molecule has 6 nitrogen and oxygen atoms in total. The molecule has 1 saturated carbocycles. The molecule has 0 bridgehead atoms. The molecule has 1 unspecified atom stereocenters. The fourth-order valence-corrected chi connectivity index (χ4v) is 4.13. The average molecular weight is 361 g/mol. The predicted molar refractivity (Wildman–Crippen MR) is 99.2 cm³/mol. The van der Waals surface area contributed by atoms with Crippen molar-refractivity contribution in [2.75, 3.05) is 20.2 Å². The number of carbonyl (C=O) groups excluding carboxylic acids is 1. The van der Waals surface area contributed by atoms with Crippen molar-refractivity contribution in [2.24, 2.45) is 11.8 Å². The topological polar surface area (TPSA) is 64.6 Å². The Morgan fingerprint density at radius 2 is 1.96 bits per heavy atom. The highest BCUT2D eigenvalue weighted by atomic mass is 16.5. The summed E-state index contributed by atoms with van der Waals surface area (Å²) in [5.41, 5.74) is 0. The molecule has 1 atom stereocenters. The first-order valence-electron chi connectivity index (χ1n) is 10.0. The zero-order chi connectivity index (χ0) is 18.4. The number of carbonyl (C=O) groups is 1. The van der Waals surface area contributed by atoms with Crippen LogP contribution in [0.15, 0.2) is 12.4 Å². The molecule has 2 aliphatic rings. The molecule has 2 heterocycles. The van der Waals surface area contributed by atoms with E-state index in [0.717, 1.165) is 31.7 Å². The van der Waals surface area contributed by atoms with Gasteiger partial charge in [0.25, 0.3) is 0 Å². The quantitative estimate of drug-likeness (QED) is 0.744. The molecular formula is C20H31N3O3. The first-order chi connectivity index (χ1) is 12.7. The number of amides is 1. The third kappa shape index (κ3) is 4.86. The van der Waals surface area contributed by atoms with Gasteiger partial charge in [0.2, 0.25) is 17.7 Å². The second-order valence-electron chi connectivity index (χ2n) is 7.57. The standard InChI is InChI=1S/C20H31N3O3/c1-3-4-5-15-6-8-16(9-7-15)20(24)23-11-10-17(14-23)26-19-13-21-12-18(22-19)25-2/h12-13,15-17H,3-11,14H2,1-2H3. The van der Waals surface area contributed by atoms with Crippen molar-refractivity contribution >= 4 is 5.91 Å². The molecule has 1 aliphatic carbocycles. The van der Waals surface area contributed by atoms with Crippen molar-refractivity contribution in [3.05, 3.63) is 12.4 Å². The molecule has 0 radical (unpaired) electrons. The Morgan fingerprint density at radius 1 is 1.19 bits per heavy atom. The molecule has 26 heavy (non-hydrogen) atoms. The maximum absolute atomic E-state index is 12.8.